The van der Waals surface area contributed by atoms with E-state index < -0.39 is 116 Å². The molecule has 2 aliphatic heterocycles. The lowest BCUT2D eigenvalue weighted by Gasteiger charge is -2.47. The van der Waals surface area contributed by atoms with Gasteiger partial charge in [-0.05, 0) is 0 Å². The van der Waals surface area contributed by atoms with Crippen LogP contribution in [0.25, 0.3) is 0 Å². The molecular weight excluding hydrogens is 620 g/mol. The summed E-state index contributed by atoms with van der Waals surface area (Å²) >= 11 is 5.64. The van der Waals surface area contributed by atoms with E-state index in [1.54, 1.807) is 0 Å². The minimum atomic E-state index is -1.74. The zero-order valence-corrected chi connectivity index (χ0v) is 25.6. The second-order valence-electron chi connectivity index (χ2n) is 9.58. The highest BCUT2D eigenvalue weighted by atomic mass is 35.5. The summed E-state index contributed by atoms with van der Waals surface area (Å²) in [5, 5.41) is 0. The lowest BCUT2D eigenvalue weighted by atomic mass is 9.96. The Morgan fingerprint density at radius 2 is 1.07 bits per heavy atom. The molecule has 0 aliphatic carbocycles. The smallest absolute Gasteiger partial charge is 0.321 e. The highest BCUT2D eigenvalue weighted by Gasteiger charge is 2.56. The van der Waals surface area contributed by atoms with Crippen LogP contribution < -0.4 is 0 Å². The van der Waals surface area contributed by atoms with E-state index >= 15 is 0 Å². The average Bonchev–Trinajstić information content (AvgIpc) is 2.90. The first kappa shape index (κ1) is 36.7. The van der Waals surface area contributed by atoms with Gasteiger partial charge in [-0.1, -0.05) is 0 Å². The van der Waals surface area contributed by atoms with Crippen LogP contribution in [0, 0.1) is 0 Å². The fraction of sp³-hybridized carbons (Fsp3) is 0.731. The predicted octanol–water partition coefficient (Wildman–Crippen LogP) is -0.501. The van der Waals surface area contributed by atoms with Crippen molar-refractivity contribution in [2.75, 3.05) is 25.7 Å². The fourth-order valence-electron chi connectivity index (χ4n) is 4.43. The number of hydrogen-bond acceptors (Lipinski definition) is 17. The molecule has 0 bridgehead atoms. The third kappa shape index (κ3) is 11.2. The van der Waals surface area contributed by atoms with Gasteiger partial charge in [-0.25, -0.2) is 0 Å². The van der Waals surface area contributed by atoms with Crippen LogP contribution >= 0.6 is 11.6 Å². The van der Waals surface area contributed by atoms with Gasteiger partial charge in [0.2, 0.25) is 0 Å². The molecule has 0 amide bonds. The molecule has 9 atom stereocenters. The molecule has 0 radical (unpaired) electrons. The van der Waals surface area contributed by atoms with E-state index in [1.807, 2.05) is 0 Å². The van der Waals surface area contributed by atoms with Crippen molar-refractivity contribution in [1.82, 2.24) is 0 Å². The topological polar surface area (TPSA) is 212 Å². The Bertz CT molecular complexity index is 1080. The minimum absolute atomic E-state index is 0.337. The van der Waals surface area contributed by atoms with Crippen LogP contribution in [0.2, 0.25) is 0 Å². The van der Waals surface area contributed by atoms with Crippen LogP contribution in [-0.2, 0) is 80.9 Å². The van der Waals surface area contributed by atoms with Gasteiger partial charge in [0.25, 0.3) is 0 Å². The molecule has 2 saturated heterocycles. The largest absolute Gasteiger partial charge is 0.463 e. The average molecular weight is 655 g/mol. The summed E-state index contributed by atoms with van der Waals surface area (Å²) in [5.41, 5.74) is 0. The van der Waals surface area contributed by atoms with Crippen molar-refractivity contribution in [1.29, 1.82) is 0 Å². The summed E-state index contributed by atoms with van der Waals surface area (Å²) in [6.45, 7) is 5.19. The third-order valence-corrected chi connectivity index (χ3v) is 6.13. The molecule has 0 aromatic heterocycles. The molecule has 17 nitrogen and oxygen atoms in total. The Labute approximate surface area is 256 Å². The summed E-state index contributed by atoms with van der Waals surface area (Å²) in [5.74, 6) is -6.45. The normalized spacial score (nSPS) is 29.8. The molecule has 2 heterocycles. The lowest BCUT2D eigenvalue weighted by molar-refractivity contribution is -0.339. The number of hydrogen-bond donors (Lipinski definition) is 0. The standard InChI is InChI=1S/C26H35ClO17/c1-11(28)35-8-17-21(39-14(4)31)22(18(10-37-17)38-13(3)30)44-26-25(41-16(6)33)24(43-20(34)7-27)23(40-15(5)32)19(42-26)9-36-12(2)29/h17-19,21-26H,7-10H2,1-6H3/t17-,18+,19-,21-,22-,23-,24+,25-,26+/m1/s1. The molecule has 248 valence electrons. The van der Waals surface area contributed by atoms with Crippen LogP contribution in [-0.4, -0.2) is 123 Å². The summed E-state index contributed by atoms with van der Waals surface area (Å²) in [4.78, 5) is 83.8. The highest BCUT2D eigenvalue weighted by Crippen LogP contribution is 2.34. The first-order valence-corrected chi connectivity index (χ1v) is 13.8. The van der Waals surface area contributed by atoms with Crippen molar-refractivity contribution in [2.24, 2.45) is 0 Å². The molecule has 0 saturated carbocycles. The predicted molar refractivity (Wildman–Crippen MR) is 139 cm³/mol. The molecule has 0 aromatic carbocycles. The number of carbonyl (C=O) groups is 7. The maximum Gasteiger partial charge on any atom is 0.321 e. The zero-order valence-electron chi connectivity index (χ0n) is 24.8. The zero-order chi connectivity index (χ0) is 33.1. The monoisotopic (exact) mass is 654 g/mol. The Morgan fingerprint density at radius 3 is 1.55 bits per heavy atom. The first-order valence-electron chi connectivity index (χ1n) is 13.3. The van der Waals surface area contributed by atoms with Crippen LogP contribution in [0.15, 0.2) is 0 Å². The molecule has 2 fully saturated rings. The van der Waals surface area contributed by atoms with Gasteiger partial charge in [-0.2, -0.15) is 0 Å². The van der Waals surface area contributed by atoms with Gasteiger partial charge in [0.05, 0.1) is 6.61 Å². The SMILES string of the molecule is CC(=O)OC[C@H]1O[C@@H](O[C@H]2[C@H](OC(C)=O)[C@@H](COC(C)=O)OC[C@@H]2OC(C)=O)[C@H](OC(C)=O)[C@@H](OC(=O)CCl)[C@@H]1OC(C)=O. The fourth-order valence-corrected chi connectivity index (χ4v) is 4.50. The number of halogens is 1. The molecule has 2 aliphatic rings. The summed E-state index contributed by atoms with van der Waals surface area (Å²) in [7, 11) is 0. The van der Waals surface area contributed by atoms with Crippen molar-refractivity contribution in [2.45, 2.75) is 96.7 Å². The van der Waals surface area contributed by atoms with Crippen molar-refractivity contribution >= 4 is 53.4 Å². The molecule has 0 aromatic rings. The quantitative estimate of drug-likeness (QED) is 0.147. The number of carbonyl (C=O) groups excluding carboxylic acids is 7. The second-order valence-corrected chi connectivity index (χ2v) is 9.85. The molecule has 0 spiro atoms. The molecule has 44 heavy (non-hydrogen) atoms. The minimum Gasteiger partial charge on any atom is -0.463 e. The van der Waals surface area contributed by atoms with E-state index in [-0.39, 0.29) is 6.61 Å². The van der Waals surface area contributed by atoms with E-state index in [9.17, 15) is 33.6 Å². The van der Waals surface area contributed by atoms with E-state index in [2.05, 4.69) is 0 Å². The maximum absolute atomic E-state index is 12.4. The Morgan fingerprint density at radius 1 is 0.591 bits per heavy atom. The van der Waals surface area contributed by atoms with Crippen molar-refractivity contribution in [3.8, 4) is 0 Å². The van der Waals surface area contributed by atoms with Crippen LogP contribution in [0.4, 0.5) is 0 Å². The molecular formula is C26H35ClO17. The first-order chi connectivity index (χ1) is 20.6. The Balaban J connectivity index is 2.63. The van der Waals surface area contributed by atoms with Gasteiger partial charge in [0.1, 0.15) is 37.4 Å². The number of ether oxygens (including phenoxy) is 10. The van der Waals surface area contributed by atoms with E-state index in [4.69, 9.17) is 59.0 Å². The van der Waals surface area contributed by atoms with Crippen LogP contribution in [0.5, 0.6) is 0 Å². The summed E-state index contributed by atoms with van der Waals surface area (Å²) < 4.78 is 54.8. The number of alkyl halides is 1. The van der Waals surface area contributed by atoms with Crippen LogP contribution in [0.3, 0.4) is 0 Å². The molecule has 0 N–H and O–H groups in total. The second kappa shape index (κ2) is 17.1. The van der Waals surface area contributed by atoms with Gasteiger partial charge in [-0.3, -0.25) is 33.6 Å². The molecule has 18 heteroatoms. The van der Waals surface area contributed by atoms with Crippen LogP contribution in [0.1, 0.15) is 41.5 Å². The third-order valence-electron chi connectivity index (χ3n) is 5.92. The highest BCUT2D eigenvalue weighted by molar-refractivity contribution is 6.26. The van der Waals surface area contributed by atoms with Gasteiger partial charge >= 0.3 is 41.8 Å². The van der Waals surface area contributed by atoms with Gasteiger partial charge < -0.3 is 47.4 Å². The van der Waals surface area contributed by atoms with E-state index in [0.29, 0.717) is 0 Å². The van der Waals surface area contributed by atoms with Gasteiger partial charge in [0, 0.05) is 41.5 Å². The Kier molecular flexibility index (Phi) is 14.2. The summed E-state index contributed by atoms with van der Waals surface area (Å²) in [6, 6.07) is 0. The van der Waals surface area contributed by atoms with Crippen molar-refractivity contribution in [3.63, 3.8) is 0 Å². The van der Waals surface area contributed by atoms with Gasteiger partial charge in [-0.15, -0.1) is 11.6 Å². The summed E-state index contributed by atoms with van der Waals surface area (Å²) in [6.07, 6.45) is -13.2. The van der Waals surface area contributed by atoms with E-state index in [1.165, 1.54) is 0 Å². The van der Waals surface area contributed by atoms with Crippen molar-refractivity contribution in [3.05, 3.63) is 0 Å². The maximum atomic E-state index is 12.4. The lowest BCUT2D eigenvalue weighted by Crippen LogP contribution is -2.66. The number of rotatable bonds is 12. The Hall–Kier alpha value is -3.54. The van der Waals surface area contributed by atoms with E-state index in [0.717, 1.165) is 41.5 Å². The number of esters is 7. The molecule has 2 rings (SSSR count). The van der Waals surface area contributed by atoms with Gasteiger partial charge in [0.15, 0.2) is 36.8 Å². The van der Waals surface area contributed by atoms with Crippen molar-refractivity contribution < 1.29 is 80.9 Å². The molecule has 0 unspecified atom stereocenters.